The number of carbonyl (C=O) groups is 1. The van der Waals surface area contributed by atoms with Crippen LogP contribution < -0.4 is 20.0 Å². The topological polar surface area (TPSA) is 131 Å². The van der Waals surface area contributed by atoms with E-state index < -0.39 is 19.9 Å². The molecule has 35 heavy (non-hydrogen) atoms. The molecule has 1 aliphatic rings. The first kappa shape index (κ1) is 27.8. The maximum atomic E-state index is 12.0. The Morgan fingerprint density at radius 3 is 2.60 bits per heavy atom. The fourth-order valence-corrected chi connectivity index (χ4v) is 4.56. The molecule has 2 heterocycles. The van der Waals surface area contributed by atoms with Crippen molar-refractivity contribution in [3.63, 3.8) is 0 Å². The van der Waals surface area contributed by atoms with Gasteiger partial charge in [-0.15, -0.1) is 0 Å². The van der Waals surface area contributed by atoms with Crippen LogP contribution in [0.1, 0.15) is 25.0 Å². The fraction of sp³-hybridized carbons (Fsp3) is 0.375. The van der Waals surface area contributed by atoms with E-state index in [0.717, 1.165) is 16.5 Å². The normalized spacial score (nSPS) is 13.9. The van der Waals surface area contributed by atoms with Gasteiger partial charge in [0, 0.05) is 30.2 Å². The number of anilines is 1. The molecule has 4 rings (SSSR count). The number of ether oxygens (including phenoxy) is 1. The van der Waals surface area contributed by atoms with Crippen molar-refractivity contribution in [2.45, 2.75) is 33.0 Å². The molecule has 1 saturated heterocycles. The number of alkyl carbamates (subject to hydrolysis) is 1. The summed E-state index contributed by atoms with van der Waals surface area (Å²) < 4.78 is 16.7. The summed E-state index contributed by atoms with van der Waals surface area (Å²) in [5, 5.41) is 3.72. The molecule has 11 heteroatoms. The van der Waals surface area contributed by atoms with E-state index in [2.05, 4.69) is 10.3 Å². The Labute approximate surface area is 234 Å². The number of hydrogen-bond acceptors (Lipinski definition) is 8. The summed E-state index contributed by atoms with van der Waals surface area (Å²) in [6.07, 6.45) is -1.04. The van der Waals surface area contributed by atoms with Gasteiger partial charge >= 0.3 is 43.8 Å². The fourth-order valence-electron chi connectivity index (χ4n) is 3.86. The van der Waals surface area contributed by atoms with Gasteiger partial charge in [-0.25, -0.2) is 14.8 Å². The second-order valence-corrected chi connectivity index (χ2v) is 10.6. The smallest absolute Gasteiger partial charge is 0.810 e. The monoisotopic (exact) mass is 522 g/mol. The molecular formula is C24H27CaN4O5P. The zero-order valence-electron chi connectivity index (χ0n) is 20.1. The van der Waals surface area contributed by atoms with Gasteiger partial charge in [-0.3, -0.25) is 0 Å². The summed E-state index contributed by atoms with van der Waals surface area (Å²) in [5.41, 5.74) is 2.61. The van der Waals surface area contributed by atoms with Crippen molar-refractivity contribution in [3.05, 3.63) is 53.6 Å². The van der Waals surface area contributed by atoms with Crippen molar-refractivity contribution >= 4 is 68.1 Å². The number of carbonyl (C=O) groups excluding carboxylic acids is 1. The molecule has 2 aromatic carbocycles. The van der Waals surface area contributed by atoms with Crippen LogP contribution in [0.3, 0.4) is 0 Å². The van der Waals surface area contributed by atoms with Crippen LogP contribution in [0.15, 0.2) is 42.5 Å². The summed E-state index contributed by atoms with van der Waals surface area (Å²) >= 11 is 0. The summed E-state index contributed by atoms with van der Waals surface area (Å²) in [6.45, 7) is 7.38. The molecule has 1 fully saturated rings. The van der Waals surface area contributed by atoms with Crippen LogP contribution in [0.4, 0.5) is 10.6 Å². The van der Waals surface area contributed by atoms with E-state index in [9.17, 15) is 19.1 Å². The van der Waals surface area contributed by atoms with E-state index in [4.69, 9.17) is 9.72 Å². The first-order valence-corrected chi connectivity index (χ1v) is 12.9. The largest absolute Gasteiger partial charge is 2.00 e. The molecule has 0 unspecified atom stereocenters. The van der Waals surface area contributed by atoms with E-state index >= 15 is 0 Å². The molecule has 1 aromatic heterocycles. The van der Waals surface area contributed by atoms with Crippen molar-refractivity contribution in [2.24, 2.45) is 5.92 Å². The quantitative estimate of drug-likeness (QED) is 0.369. The number of rotatable bonds is 7. The Kier molecular flexibility index (Phi) is 9.18. The van der Waals surface area contributed by atoms with Gasteiger partial charge in [0.1, 0.15) is 5.82 Å². The van der Waals surface area contributed by atoms with Crippen molar-refractivity contribution in [1.29, 1.82) is 0 Å². The van der Waals surface area contributed by atoms with Gasteiger partial charge in [-0.1, -0.05) is 51.8 Å². The molecular weight excluding hydrogens is 495 g/mol. The molecule has 0 saturated carbocycles. The standard InChI is InChI=1S/C24H29N4O5P.Ca/c1-15(2)13-33-24(29)25-18-11-28(12-18)23-20-9-8-16(3)10-21(20)26-22(27-23)19-7-5-4-6-17(19)14-34(30,31)32;/h4-10,15,18H,11-14H2,1-3H3,(H,25,29)(H2,30,31,32);/q;+2/p-2. The van der Waals surface area contributed by atoms with Crippen molar-refractivity contribution < 1.29 is 23.9 Å². The summed E-state index contributed by atoms with van der Waals surface area (Å²) in [4.78, 5) is 46.4. The van der Waals surface area contributed by atoms with E-state index in [1.165, 1.54) is 0 Å². The van der Waals surface area contributed by atoms with Crippen LogP contribution >= 0.6 is 7.60 Å². The Hall–Kier alpha value is -1.74. The van der Waals surface area contributed by atoms with Gasteiger partial charge in [0.25, 0.3) is 0 Å². The number of nitrogens with one attached hydrogen (secondary N) is 1. The number of benzene rings is 2. The molecule has 1 amide bonds. The van der Waals surface area contributed by atoms with Gasteiger partial charge in [0.05, 0.1) is 18.2 Å². The molecule has 1 aliphatic heterocycles. The van der Waals surface area contributed by atoms with Crippen LogP contribution in [-0.4, -0.2) is 79.5 Å². The minimum Gasteiger partial charge on any atom is -0.810 e. The predicted octanol–water partition coefficient (Wildman–Crippen LogP) is 2.21. The van der Waals surface area contributed by atoms with Gasteiger partial charge in [0.2, 0.25) is 0 Å². The maximum absolute atomic E-state index is 12.0. The third-order valence-corrected chi connectivity index (χ3v) is 6.23. The SMILES string of the molecule is Cc1ccc2c(N3CC(NC(=O)OCC(C)C)C3)nc(-c3ccccc3CP(=O)([O-])[O-])nc2c1.[Ca+2]. The third kappa shape index (κ3) is 7.15. The first-order valence-electron chi connectivity index (χ1n) is 11.1. The number of fused-ring (bicyclic) bond motifs is 1. The number of hydrogen-bond donors (Lipinski definition) is 1. The van der Waals surface area contributed by atoms with Crippen molar-refractivity contribution in [2.75, 3.05) is 24.6 Å². The van der Waals surface area contributed by atoms with Gasteiger partial charge in [-0.2, -0.15) is 0 Å². The van der Waals surface area contributed by atoms with Crippen LogP contribution in [0.25, 0.3) is 22.3 Å². The Bertz CT molecular complexity index is 1260. The second kappa shape index (κ2) is 11.5. The summed E-state index contributed by atoms with van der Waals surface area (Å²) in [7, 11) is -4.77. The van der Waals surface area contributed by atoms with Gasteiger partial charge < -0.3 is 29.3 Å². The maximum Gasteiger partial charge on any atom is 2.00 e. The molecule has 0 bridgehead atoms. The van der Waals surface area contributed by atoms with Crippen LogP contribution in [0.5, 0.6) is 0 Å². The predicted molar refractivity (Wildman–Crippen MR) is 132 cm³/mol. The van der Waals surface area contributed by atoms with Crippen LogP contribution in [0, 0.1) is 12.8 Å². The van der Waals surface area contributed by atoms with Crippen LogP contribution in [0.2, 0.25) is 0 Å². The molecule has 9 nitrogen and oxygen atoms in total. The minimum atomic E-state index is -4.77. The van der Waals surface area contributed by atoms with Crippen LogP contribution in [-0.2, 0) is 15.5 Å². The molecule has 0 spiro atoms. The first-order chi connectivity index (χ1) is 16.1. The molecule has 3 aromatic rings. The molecule has 180 valence electrons. The average molecular weight is 523 g/mol. The summed E-state index contributed by atoms with van der Waals surface area (Å²) in [5.74, 6) is 1.30. The second-order valence-electron chi connectivity index (χ2n) is 9.06. The number of aromatic nitrogens is 2. The molecule has 0 radical (unpaired) electrons. The number of aryl methyl sites for hydroxylation is 1. The number of nitrogens with zero attached hydrogens (tertiary/aromatic N) is 3. The number of amides is 1. The summed E-state index contributed by atoms with van der Waals surface area (Å²) in [6, 6.07) is 12.6. The van der Waals surface area contributed by atoms with E-state index in [1.807, 2.05) is 43.9 Å². The van der Waals surface area contributed by atoms with Crippen molar-refractivity contribution in [1.82, 2.24) is 15.3 Å². The Balaban J connectivity index is 0.00000342. The molecule has 0 aliphatic carbocycles. The molecule has 0 atom stereocenters. The third-order valence-electron chi connectivity index (χ3n) is 5.51. The van der Waals surface area contributed by atoms with Crippen molar-refractivity contribution in [3.8, 4) is 11.4 Å². The van der Waals surface area contributed by atoms with E-state index in [-0.39, 0.29) is 49.7 Å². The van der Waals surface area contributed by atoms with E-state index in [0.29, 0.717) is 42.5 Å². The molecule has 1 N–H and O–H groups in total. The average Bonchev–Trinajstić information content (AvgIpc) is 2.73. The Morgan fingerprint density at radius 1 is 1.20 bits per heavy atom. The zero-order chi connectivity index (χ0) is 24.5. The van der Waals surface area contributed by atoms with Gasteiger partial charge in [-0.05, 0) is 36.1 Å². The zero-order valence-corrected chi connectivity index (χ0v) is 23.2. The van der Waals surface area contributed by atoms with E-state index in [1.54, 1.807) is 24.3 Å². The Morgan fingerprint density at radius 2 is 1.91 bits per heavy atom. The van der Waals surface area contributed by atoms with Gasteiger partial charge in [0.15, 0.2) is 5.82 Å². The minimum absolute atomic E-state index is 0.